The Morgan fingerprint density at radius 2 is 1.88 bits per heavy atom. The van der Waals surface area contributed by atoms with Gasteiger partial charge >= 0.3 is 0 Å². The molecular formula is C27H30N2O2S2. The molecule has 5 rings (SSSR count). The molecule has 2 aromatic heterocycles. The van der Waals surface area contributed by atoms with E-state index in [0.717, 1.165) is 58.0 Å². The molecular weight excluding hydrogens is 448 g/mol. The minimum absolute atomic E-state index is 0.0165. The Morgan fingerprint density at radius 3 is 2.58 bits per heavy atom. The maximum Gasteiger partial charge on any atom is 0.232 e. The summed E-state index contributed by atoms with van der Waals surface area (Å²) in [5, 5.41) is 13.0. The van der Waals surface area contributed by atoms with Gasteiger partial charge in [0.1, 0.15) is 11.1 Å². The first kappa shape index (κ1) is 22.6. The molecule has 0 N–H and O–H groups in total. The lowest BCUT2D eigenvalue weighted by Gasteiger charge is -2.42. The number of carbonyl (C=O) groups is 2. The molecule has 0 aromatic carbocycles. The van der Waals surface area contributed by atoms with Crippen LogP contribution in [0.2, 0.25) is 0 Å². The standard InChI is InChI=1S/C27H30N2O2S2/c1-16-10-11-32-25(16)18-12-23(31)29(20-13-27(2,3)14-21(30)24(18)20)26-19(15-28)17-8-6-4-5-7-9-22(17)33-26/h10-11,18H,4-9,12-14H2,1-3H3/t18-/m0/s1. The van der Waals surface area contributed by atoms with E-state index >= 15 is 0 Å². The third-order valence-corrected chi connectivity index (χ3v) is 9.74. The molecule has 3 heterocycles. The Morgan fingerprint density at radius 1 is 1.12 bits per heavy atom. The third-order valence-electron chi connectivity index (χ3n) is 7.33. The quantitative estimate of drug-likeness (QED) is 0.476. The second kappa shape index (κ2) is 8.52. The predicted molar refractivity (Wildman–Crippen MR) is 134 cm³/mol. The first-order valence-corrected chi connectivity index (χ1v) is 13.7. The van der Waals surface area contributed by atoms with Crippen LogP contribution in [0.15, 0.2) is 22.7 Å². The summed E-state index contributed by atoms with van der Waals surface area (Å²) in [6.45, 7) is 6.28. The Labute approximate surface area is 203 Å². The van der Waals surface area contributed by atoms with Crippen molar-refractivity contribution in [1.29, 1.82) is 5.26 Å². The number of nitriles is 1. The van der Waals surface area contributed by atoms with Crippen molar-refractivity contribution in [3.63, 3.8) is 0 Å². The zero-order valence-corrected chi connectivity index (χ0v) is 21.3. The molecule has 1 amide bonds. The summed E-state index contributed by atoms with van der Waals surface area (Å²) < 4.78 is 0. The van der Waals surface area contributed by atoms with Crippen molar-refractivity contribution in [1.82, 2.24) is 0 Å². The third kappa shape index (κ3) is 3.90. The minimum atomic E-state index is -0.209. The molecule has 6 heteroatoms. The number of Topliss-reactive ketones (excluding diaryl/α,β-unsaturated/α-hetero) is 1. The number of ketones is 1. The van der Waals surface area contributed by atoms with Crippen LogP contribution < -0.4 is 4.90 Å². The van der Waals surface area contributed by atoms with Crippen LogP contribution in [0.4, 0.5) is 5.00 Å². The van der Waals surface area contributed by atoms with Crippen molar-refractivity contribution in [2.45, 2.75) is 84.5 Å². The Bertz CT molecular complexity index is 1210. The van der Waals surface area contributed by atoms with Gasteiger partial charge in [-0.1, -0.05) is 26.7 Å². The summed E-state index contributed by atoms with van der Waals surface area (Å²) in [5.41, 5.74) is 4.40. The highest BCUT2D eigenvalue weighted by molar-refractivity contribution is 7.16. The van der Waals surface area contributed by atoms with Gasteiger partial charge in [-0.25, -0.2) is 0 Å². The van der Waals surface area contributed by atoms with E-state index < -0.39 is 0 Å². The van der Waals surface area contributed by atoms with Crippen molar-refractivity contribution in [2.24, 2.45) is 5.41 Å². The Hall–Kier alpha value is -2.23. The van der Waals surface area contributed by atoms with Gasteiger partial charge in [-0.05, 0) is 67.0 Å². The molecule has 0 saturated carbocycles. The number of aryl methyl sites for hydroxylation is 2. The van der Waals surface area contributed by atoms with Crippen molar-refractivity contribution in [3.8, 4) is 6.07 Å². The molecule has 0 bridgehead atoms. The van der Waals surface area contributed by atoms with Crippen molar-refractivity contribution < 1.29 is 9.59 Å². The van der Waals surface area contributed by atoms with Crippen molar-refractivity contribution in [3.05, 3.63) is 49.2 Å². The van der Waals surface area contributed by atoms with E-state index in [-0.39, 0.29) is 23.0 Å². The van der Waals surface area contributed by atoms with E-state index in [2.05, 4.69) is 32.9 Å². The number of thiophene rings is 2. The zero-order chi connectivity index (χ0) is 23.3. The van der Waals surface area contributed by atoms with Gasteiger partial charge in [-0.15, -0.1) is 22.7 Å². The number of rotatable bonds is 2. The van der Waals surface area contributed by atoms with Gasteiger partial charge in [0.2, 0.25) is 5.91 Å². The van der Waals surface area contributed by atoms with Crippen LogP contribution in [0.25, 0.3) is 0 Å². The van der Waals surface area contributed by atoms with Crippen LogP contribution in [-0.4, -0.2) is 11.7 Å². The van der Waals surface area contributed by atoms with Crippen LogP contribution in [0.3, 0.4) is 0 Å². The molecule has 33 heavy (non-hydrogen) atoms. The van der Waals surface area contributed by atoms with Crippen molar-refractivity contribution in [2.75, 3.05) is 4.90 Å². The van der Waals surface area contributed by atoms with E-state index in [1.165, 1.54) is 17.7 Å². The SMILES string of the molecule is Cc1ccsc1[C@H]1CC(=O)N(c2sc3c(c2C#N)CCCCCC3)C2=C1C(=O)CC(C)(C)C2. The van der Waals surface area contributed by atoms with Gasteiger partial charge < -0.3 is 0 Å². The number of hydrogen-bond acceptors (Lipinski definition) is 5. The van der Waals surface area contributed by atoms with Gasteiger partial charge in [-0.3, -0.25) is 14.5 Å². The van der Waals surface area contributed by atoms with Gasteiger partial charge in [-0.2, -0.15) is 5.26 Å². The van der Waals surface area contributed by atoms with Crippen LogP contribution in [0.5, 0.6) is 0 Å². The van der Waals surface area contributed by atoms with Crippen LogP contribution in [-0.2, 0) is 22.4 Å². The number of carbonyl (C=O) groups excluding carboxylic acids is 2. The average molecular weight is 479 g/mol. The second-order valence-corrected chi connectivity index (χ2v) is 12.5. The Balaban J connectivity index is 1.70. The maximum atomic E-state index is 13.8. The van der Waals surface area contributed by atoms with Crippen LogP contribution in [0, 0.1) is 23.7 Å². The van der Waals surface area contributed by atoms with Crippen molar-refractivity contribution >= 4 is 39.4 Å². The smallest absolute Gasteiger partial charge is 0.232 e. The van der Waals surface area contributed by atoms with E-state index in [1.807, 2.05) is 5.38 Å². The van der Waals surface area contributed by atoms with E-state index in [4.69, 9.17) is 0 Å². The first-order valence-electron chi connectivity index (χ1n) is 12.0. The zero-order valence-electron chi connectivity index (χ0n) is 19.6. The largest absolute Gasteiger partial charge is 0.294 e. The molecule has 2 aliphatic carbocycles. The molecule has 0 unspecified atom stereocenters. The fourth-order valence-electron chi connectivity index (χ4n) is 5.79. The number of amides is 1. The molecule has 0 radical (unpaired) electrons. The summed E-state index contributed by atoms with van der Waals surface area (Å²) in [6.07, 6.45) is 7.98. The molecule has 3 aliphatic rings. The lowest BCUT2D eigenvalue weighted by atomic mass is 9.70. The van der Waals surface area contributed by atoms with E-state index in [1.54, 1.807) is 27.6 Å². The van der Waals surface area contributed by atoms with E-state index in [0.29, 0.717) is 24.8 Å². The molecule has 1 aliphatic heterocycles. The number of allylic oxidation sites excluding steroid dienone is 2. The number of fused-ring (bicyclic) bond motifs is 1. The average Bonchev–Trinajstić information content (AvgIpc) is 3.29. The predicted octanol–water partition coefficient (Wildman–Crippen LogP) is 6.81. The lowest BCUT2D eigenvalue weighted by Crippen LogP contribution is -2.43. The molecule has 0 spiro atoms. The summed E-state index contributed by atoms with van der Waals surface area (Å²) in [7, 11) is 0. The number of hydrogen-bond donors (Lipinski definition) is 0. The number of anilines is 1. The van der Waals surface area contributed by atoms with Crippen LogP contribution >= 0.6 is 22.7 Å². The highest BCUT2D eigenvalue weighted by Gasteiger charge is 2.46. The number of nitrogens with zero attached hydrogens (tertiary/aromatic N) is 2. The van der Waals surface area contributed by atoms with Gasteiger partial charge in [0.15, 0.2) is 5.78 Å². The minimum Gasteiger partial charge on any atom is -0.294 e. The summed E-state index contributed by atoms with van der Waals surface area (Å²) >= 11 is 3.26. The highest BCUT2D eigenvalue weighted by atomic mass is 32.1. The normalized spacial score (nSPS) is 23.0. The highest BCUT2D eigenvalue weighted by Crippen LogP contribution is 2.51. The Kier molecular flexibility index (Phi) is 5.83. The fourth-order valence-corrected chi connectivity index (χ4v) is 8.21. The molecule has 4 nitrogen and oxygen atoms in total. The monoisotopic (exact) mass is 478 g/mol. The molecule has 1 atom stereocenters. The first-order chi connectivity index (χ1) is 15.8. The molecule has 0 saturated heterocycles. The molecule has 2 aromatic rings. The summed E-state index contributed by atoms with van der Waals surface area (Å²) in [5.74, 6) is 0.00613. The lowest BCUT2D eigenvalue weighted by molar-refractivity contribution is -0.120. The van der Waals surface area contributed by atoms with Gasteiger partial charge in [0, 0.05) is 39.8 Å². The topological polar surface area (TPSA) is 61.2 Å². The van der Waals surface area contributed by atoms with Crippen LogP contribution in [0.1, 0.15) is 91.2 Å². The fraction of sp³-hybridized carbons (Fsp3) is 0.519. The van der Waals surface area contributed by atoms with Gasteiger partial charge in [0.25, 0.3) is 0 Å². The second-order valence-electron chi connectivity index (χ2n) is 10.5. The molecule has 0 fully saturated rings. The van der Waals surface area contributed by atoms with E-state index in [9.17, 15) is 14.9 Å². The summed E-state index contributed by atoms with van der Waals surface area (Å²) in [6, 6.07) is 4.53. The van der Waals surface area contributed by atoms with Gasteiger partial charge in [0.05, 0.1) is 5.56 Å². The molecule has 172 valence electrons. The summed E-state index contributed by atoms with van der Waals surface area (Å²) in [4.78, 5) is 31.5. The maximum absolute atomic E-state index is 13.8.